The van der Waals surface area contributed by atoms with Crippen molar-refractivity contribution >= 4 is 18.4 Å². The first-order valence-corrected chi connectivity index (χ1v) is 5.79. The van der Waals surface area contributed by atoms with Crippen molar-refractivity contribution in [3.8, 4) is 0 Å². The molecule has 1 aromatic heterocycles. The molecular formula is C11H14BFN2O4. The van der Waals surface area contributed by atoms with Gasteiger partial charge in [-0.05, 0) is 37.6 Å². The van der Waals surface area contributed by atoms with Gasteiger partial charge in [-0.15, -0.1) is 0 Å². The molecule has 0 saturated carbocycles. The van der Waals surface area contributed by atoms with E-state index in [4.69, 9.17) is 9.31 Å². The minimum atomic E-state index is -0.918. The number of aromatic nitrogens is 1. The molecule has 1 aliphatic heterocycles. The summed E-state index contributed by atoms with van der Waals surface area (Å²) in [6.45, 7) is 7.35. The van der Waals surface area contributed by atoms with E-state index in [0.717, 1.165) is 12.3 Å². The Morgan fingerprint density at radius 1 is 1.32 bits per heavy atom. The standard InChI is InChI=1S/C11H14BFN2O4/c1-10(2)11(3,4)19-12(18-10)7-6-14-9(15(16)17)5-8(7)13/h5-6H,1-4H3. The van der Waals surface area contributed by atoms with E-state index < -0.39 is 34.9 Å². The van der Waals surface area contributed by atoms with Crippen molar-refractivity contribution in [2.24, 2.45) is 0 Å². The molecule has 0 amide bonds. The van der Waals surface area contributed by atoms with E-state index in [-0.39, 0.29) is 5.46 Å². The summed E-state index contributed by atoms with van der Waals surface area (Å²) < 4.78 is 25.2. The van der Waals surface area contributed by atoms with Crippen LogP contribution in [-0.4, -0.2) is 28.2 Å². The number of pyridine rings is 1. The van der Waals surface area contributed by atoms with Crippen molar-refractivity contribution in [1.29, 1.82) is 0 Å². The molecule has 0 aromatic carbocycles. The summed E-state index contributed by atoms with van der Waals surface area (Å²) in [7, 11) is -0.918. The Kier molecular flexibility index (Phi) is 3.10. The highest BCUT2D eigenvalue weighted by molar-refractivity contribution is 6.62. The summed E-state index contributed by atoms with van der Waals surface area (Å²) >= 11 is 0. The predicted octanol–water partition coefficient (Wildman–Crippen LogP) is 1.43. The third-order valence-electron chi connectivity index (χ3n) is 3.56. The molecule has 0 radical (unpaired) electrons. The van der Waals surface area contributed by atoms with Crippen LogP contribution in [-0.2, 0) is 9.31 Å². The Morgan fingerprint density at radius 2 is 1.84 bits per heavy atom. The maximum absolute atomic E-state index is 13.9. The van der Waals surface area contributed by atoms with Crippen LogP contribution in [0.3, 0.4) is 0 Å². The quantitative estimate of drug-likeness (QED) is 0.460. The molecular weight excluding hydrogens is 254 g/mol. The molecule has 102 valence electrons. The summed E-state index contributed by atoms with van der Waals surface area (Å²) in [5.74, 6) is -1.31. The molecule has 1 saturated heterocycles. The van der Waals surface area contributed by atoms with E-state index in [2.05, 4.69) is 4.98 Å². The van der Waals surface area contributed by atoms with Crippen LogP contribution in [0.15, 0.2) is 12.3 Å². The van der Waals surface area contributed by atoms with Gasteiger partial charge in [-0.3, -0.25) is 0 Å². The topological polar surface area (TPSA) is 74.5 Å². The lowest BCUT2D eigenvalue weighted by Gasteiger charge is -2.32. The van der Waals surface area contributed by atoms with Crippen LogP contribution in [0, 0.1) is 15.9 Å². The van der Waals surface area contributed by atoms with E-state index in [1.165, 1.54) is 0 Å². The lowest BCUT2D eigenvalue weighted by Crippen LogP contribution is -2.41. The normalized spacial score (nSPS) is 20.6. The van der Waals surface area contributed by atoms with Crippen molar-refractivity contribution in [3.63, 3.8) is 0 Å². The Morgan fingerprint density at radius 3 is 2.26 bits per heavy atom. The van der Waals surface area contributed by atoms with Gasteiger partial charge in [-0.25, -0.2) is 4.39 Å². The zero-order chi connectivity index (χ0) is 14.4. The third-order valence-corrected chi connectivity index (χ3v) is 3.56. The van der Waals surface area contributed by atoms with E-state index in [0.29, 0.717) is 0 Å². The van der Waals surface area contributed by atoms with Crippen molar-refractivity contribution in [3.05, 3.63) is 28.2 Å². The molecule has 1 fully saturated rings. The summed E-state index contributed by atoms with van der Waals surface area (Å²) in [5, 5.41) is 10.5. The maximum atomic E-state index is 13.9. The molecule has 0 aliphatic carbocycles. The van der Waals surface area contributed by atoms with Gasteiger partial charge in [0.1, 0.15) is 12.0 Å². The highest BCUT2D eigenvalue weighted by Crippen LogP contribution is 2.36. The number of rotatable bonds is 2. The van der Waals surface area contributed by atoms with Gasteiger partial charge < -0.3 is 19.4 Å². The molecule has 8 heteroatoms. The molecule has 0 atom stereocenters. The summed E-state index contributed by atoms with van der Waals surface area (Å²) in [4.78, 5) is 13.3. The van der Waals surface area contributed by atoms with E-state index in [1.54, 1.807) is 0 Å². The van der Waals surface area contributed by atoms with Crippen molar-refractivity contribution in [2.75, 3.05) is 0 Å². The summed E-state index contributed by atoms with van der Waals surface area (Å²) in [6, 6.07) is 0.764. The second-order valence-corrected chi connectivity index (χ2v) is 5.41. The zero-order valence-corrected chi connectivity index (χ0v) is 11.1. The van der Waals surface area contributed by atoms with Crippen LogP contribution >= 0.6 is 0 Å². The lowest BCUT2D eigenvalue weighted by molar-refractivity contribution is -0.389. The highest BCUT2D eigenvalue weighted by atomic mass is 19.1. The molecule has 2 heterocycles. The first-order chi connectivity index (χ1) is 8.64. The minimum absolute atomic E-state index is 0.0595. The van der Waals surface area contributed by atoms with Gasteiger partial charge >= 0.3 is 12.9 Å². The Hall–Kier alpha value is -1.54. The molecule has 0 bridgehead atoms. The molecule has 1 aliphatic rings. The largest absolute Gasteiger partial charge is 0.501 e. The van der Waals surface area contributed by atoms with E-state index in [9.17, 15) is 14.5 Å². The lowest BCUT2D eigenvalue weighted by atomic mass is 9.80. The van der Waals surface area contributed by atoms with Gasteiger partial charge in [0.25, 0.3) is 0 Å². The number of nitro groups is 1. The van der Waals surface area contributed by atoms with Gasteiger partial charge in [0.05, 0.1) is 22.7 Å². The second-order valence-electron chi connectivity index (χ2n) is 5.41. The number of hydrogen-bond acceptors (Lipinski definition) is 5. The van der Waals surface area contributed by atoms with Crippen molar-refractivity contribution in [2.45, 2.75) is 38.9 Å². The van der Waals surface area contributed by atoms with Gasteiger partial charge in [0.2, 0.25) is 0 Å². The first kappa shape index (κ1) is 13.9. The number of halogens is 1. The SMILES string of the molecule is CC1(C)OB(c2cnc([N+](=O)[O-])cc2F)OC1(C)C. The number of hydrogen-bond donors (Lipinski definition) is 0. The fraction of sp³-hybridized carbons (Fsp3) is 0.545. The predicted molar refractivity (Wildman–Crippen MR) is 66.6 cm³/mol. The van der Waals surface area contributed by atoms with Gasteiger partial charge in [0, 0.05) is 0 Å². The molecule has 0 unspecified atom stereocenters. The molecule has 6 nitrogen and oxygen atoms in total. The first-order valence-electron chi connectivity index (χ1n) is 5.79. The monoisotopic (exact) mass is 268 g/mol. The van der Waals surface area contributed by atoms with Crippen LogP contribution in [0.2, 0.25) is 0 Å². The van der Waals surface area contributed by atoms with E-state index >= 15 is 0 Å². The zero-order valence-electron chi connectivity index (χ0n) is 11.1. The molecule has 19 heavy (non-hydrogen) atoms. The molecule has 2 rings (SSSR count). The summed E-state index contributed by atoms with van der Waals surface area (Å²) in [5.41, 5.74) is -1.15. The summed E-state index contributed by atoms with van der Waals surface area (Å²) in [6.07, 6.45) is 1.08. The highest BCUT2D eigenvalue weighted by Gasteiger charge is 2.53. The van der Waals surface area contributed by atoms with Crippen LogP contribution in [0.5, 0.6) is 0 Å². The molecule has 1 aromatic rings. The average Bonchev–Trinajstić information content (AvgIpc) is 2.47. The van der Waals surface area contributed by atoms with Crippen LogP contribution < -0.4 is 5.46 Å². The fourth-order valence-corrected chi connectivity index (χ4v) is 1.67. The smallest absolute Gasteiger partial charge is 0.399 e. The van der Waals surface area contributed by atoms with Crippen LogP contribution in [0.1, 0.15) is 27.7 Å². The Balaban J connectivity index is 2.33. The third kappa shape index (κ3) is 2.33. The van der Waals surface area contributed by atoms with Gasteiger partial charge in [0.15, 0.2) is 0 Å². The van der Waals surface area contributed by atoms with Gasteiger partial charge in [-0.2, -0.15) is 0 Å². The van der Waals surface area contributed by atoms with Crippen LogP contribution in [0.25, 0.3) is 0 Å². The Bertz CT molecular complexity index is 519. The Labute approximate surface area is 110 Å². The molecule has 0 N–H and O–H groups in total. The average molecular weight is 268 g/mol. The number of nitrogens with zero attached hydrogens (tertiary/aromatic N) is 2. The van der Waals surface area contributed by atoms with E-state index in [1.807, 2.05) is 27.7 Å². The van der Waals surface area contributed by atoms with Crippen LogP contribution in [0.4, 0.5) is 10.2 Å². The maximum Gasteiger partial charge on any atom is 0.501 e. The minimum Gasteiger partial charge on any atom is -0.399 e. The van der Waals surface area contributed by atoms with Gasteiger partial charge in [-0.1, -0.05) is 0 Å². The fourth-order valence-electron chi connectivity index (χ4n) is 1.67. The van der Waals surface area contributed by atoms with Crippen molar-refractivity contribution < 1.29 is 18.6 Å². The second kappa shape index (κ2) is 4.24. The van der Waals surface area contributed by atoms with Crippen molar-refractivity contribution in [1.82, 2.24) is 4.98 Å². The molecule has 0 spiro atoms.